The lowest BCUT2D eigenvalue weighted by Gasteiger charge is -2.13. The van der Waals surface area contributed by atoms with Crippen molar-refractivity contribution in [2.45, 2.75) is 0 Å². The fraction of sp³-hybridized carbons (Fsp3) is 0. The van der Waals surface area contributed by atoms with Gasteiger partial charge >= 0.3 is 0 Å². The molecule has 11 rings (SSSR count). The maximum atomic E-state index is 5.51. The number of rotatable bonds is 3. The summed E-state index contributed by atoms with van der Waals surface area (Å²) in [6.45, 7) is 0. The topological polar surface area (TPSA) is 35.6 Å². The molecule has 0 bridgehead atoms. The third kappa shape index (κ3) is 3.81. The second kappa shape index (κ2) is 10.4. The predicted octanol–water partition coefficient (Wildman–Crippen LogP) is 11.8. The standard InChI is InChI=1S/C46H28N4/c1-2-14-32(15-3-1)49-40-21-11-9-18-35(40)36-25-23-31(28-42(36)49)44-37-19-8-10-20-39(37)47-46(48-44)50-41-27-24-29-12-4-6-16-33(29)43(41)38-26-22-30-13-5-7-17-34(30)45(38)50/h1-28H. The molecule has 4 heteroatoms. The Labute approximate surface area is 287 Å². The Hall–Kier alpha value is -6.78. The van der Waals surface area contributed by atoms with E-state index in [4.69, 9.17) is 9.97 Å². The Morgan fingerprint density at radius 1 is 0.380 bits per heavy atom. The van der Waals surface area contributed by atoms with Crippen LogP contribution in [0.1, 0.15) is 0 Å². The summed E-state index contributed by atoms with van der Waals surface area (Å²) in [6, 6.07) is 60.6. The highest BCUT2D eigenvalue weighted by Crippen LogP contribution is 2.41. The SMILES string of the molecule is c1ccc(-n2c3ccccc3c3ccc(-c4nc(-n5c6ccc7ccccc7c6c6ccc7ccccc7c65)nc5ccccc45)cc32)cc1. The summed E-state index contributed by atoms with van der Waals surface area (Å²) >= 11 is 0. The van der Waals surface area contributed by atoms with Crippen LogP contribution in [-0.4, -0.2) is 19.1 Å². The van der Waals surface area contributed by atoms with Crippen molar-refractivity contribution in [2.24, 2.45) is 0 Å². The quantitative estimate of drug-likeness (QED) is 0.193. The van der Waals surface area contributed by atoms with Gasteiger partial charge in [0.2, 0.25) is 5.95 Å². The maximum Gasteiger partial charge on any atom is 0.235 e. The van der Waals surface area contributed by atoms with E-state index in [9.17, 15) is 0 Å². The lowest BCUT2D eigenvalue weighted by atomic mass is 10.0. The first-order valence-electron chi connectivity index (χ1n) is 17.0. The summed E-state index contributed by atoms with van der Waals surface area (Å²) < 4.78 is 4.65. The molecule has 0 unspecified atom stereocenters. The molecule has 0 atom stereocenters. The summed E-state index contributed by atoms with van der Waals surface area (Å²) in [5.41, 5.74) is 8.55. The van der Waals surface area contributed by atoms with E-state index in [2.05, 4.69) is 179 Å². The van der Waals surface area contributed by atoms with E-state index in [1.807, 2.05) is 0 Å². The number of nitrogens with zero attached hydrogens (tertiary/aromatic N) is 4. The highest BCUT2D eigenvalue weighted by Gasteiger charge is 2.21. The first-order valence-corrected chi connectivity index (χ1v) is 17.0. The molecule has 0 amide bonds. The molecular weight excluding hydrogens is 609 g/mol. The highest BCUT2D eigenvalue weighted by atomic mass is 15.2. The smallest absolute Gasteiger partial charge is 0.235 e. The third-order valence-corrected chi connectivity index (χ3v) is 10.3. The normalized spacial score (nSPS) is 12.0. The molecule has 11 aromatic rings. The average Bonchev–Trinajstić information content (AvgIpc) is 3.71. The summed E-state index contributed by atoms with van der Waals surface area (Å²) in [5, 5.41) is 10.7. The van der Waals surface area contributed by atoms with Gasteiger partial charge in [0.1, 0.15) is 0 Å². The van der Waals surface area contributed by atoms with Crippen LogP contribution in [0.15, 0.2) is 170 Å². The van der Waals surface area contributed by atoms with Crippen molar-refractivity contribution < 1.29 is 0 Å². The minimum atomic E-state index is 0.661. The van der Waals surface area contributed by atoms with Gasteiger partial charge in [-0.15, -0.1) is 0 Å². The van der Waals surface area contributed by atoms with E-state index in [0.717, 1.165) is 44.4 Å². The zero-order valence-electron chi connectivity index (χ0n) is 27.0. The van der Waals surface area contributed by atoms with Crippen molar-refractivity contribution in [2.75, 3.05) is 0 Å². The van der Waals surface area contributed by atoms with Crippen LogP contribution in [0.2, 0.25) is 0 Å². The van der Waals surface area contributed by atoms with Crippen LogP contribution in [0.4, 0.5) is 0 Å². The first-order chi connectivity index (χ1) is 24.8. The van der Waals surface area contributed by atoms with Gasteiger partial charge < -0.3 is 4.57 Å². The van der Waals surface area contributed by atoms with E-state index >= 15 is 0 Å². The first kappa shape index (κ1) is 27.2. The third-order valence-electron chi connectivity index (χ3n) is 10.3. The van der Waals surface area contributed by atoms with Gasteiger partial charge in [-0.05, 0) is 52.6 Å². The Morgan fingerprint density at radius 3 is 1.88 bits per heavy atom. The predicted molar refractivity (Wildman–Crippen MR) is 209 cm³/mol. The monoisotopic (exact) mass is 636 g/mol. The van der Waals surface area contributed by atoms with Crippen molar-refractivity contribution in [3.8, 4) is 22.9 Å². The van der Waals surface area contributed by atoms with E-state index < -0.39 is 0 Å². The van der Waals surface area contributed by atoms with Crippen molar-refractivity contribution in [1.82, 2.24) is 19.1 Å². The van der Waals surface area contributed by atoms with Crippen LogP contribution in [0.5, 0.6) is 0 Å². The van der Waals surface area contributed by atoms with Gasteiger partial charge in [-0.3, -0.25) is 4.57 Å². The molecular formula is C46H28N4. The molecule has 0 fully saturated rings. The molecule has 3 heterocycles. The summed E-state index contributed by atoms with van der Waals surface area (Å²) in [4.78, 5) is 10.8. The summed E-state index contributed by atoms with van der Waals surface area (Å²) in [6.07, 6.45) is 0. The van der Waals surface area contributed by atoms with Gasteiger partial charge in [0.15, 0.2) is 0 Å². The average molecular weight is 637 g/mol. The van der Waals surface area contributed by atoms with E-state index in [0.29, 0.717) is 5.95 Å². The van der Waals surface area contributed by atoms with Crippen molar-refractivity contribution in [1.29, 1.82) is 0 Å². The van der Waals surface area contributed by atoms with Crippen molar-refractivity contribution in [3.05, 3.63) is 170 Å². The Balaban J connectivity index is 1.25. The maximum absolute atomic E-state index is 5.51. The van der Waals surface area contributed by atoms with Gasteiger partial charge in [0, 0.05) is 43.6 Å². The number of para-hydroxylation sites is 3. The molecule has 0 aliphatic carbocycles. The van der Waals surface area contributed by atoms with E-state index in [-0.39, 0.29) is 0 Å². The zero-order valence-corrected chi connectivity index (χ0v) is 27.0. The van der Waals surface area contributed by atoms with Gasteiger partial charge in [0.05, 0.1) is 33.3 Å². The summed E-state index contributed by atoms with van der Waals surface area (Å²) in [5.74, 6) is 0.661. The van der Waals surface area contributed by atoms with Crippen LogP contribution in [0.3, 0.4) is 0 Å². The molecule has 0 aliphatic heterocycles. The van der Waals surface area contributed by atoms with Crippen LogP contribution >= 0.6 is 0 Å². The number of benzene rings is 8. The van der Waals surface area contributed by atoms with Crippen LogP contribution in [0, 0.1) is 0 Å². The molecule has 4 nitrogen and oxygen atoms in total. The van der Waals surface area contributed by atoms with Crippen LogP contribution < -0.4 is 0 Å². The fourth-order valence-electron chi connectivity index (χ4n) is 8.11. The lowest BCUT2D eigenvalue weighted by Crippen LogP contribution is -2.04. The second-order valence-corrected chi connectivity index (χ2v) is 13.0. The Morgan fingerprint density at radius 2 is 1.02 bits per heavy atom. The zero-order chi connectivity index (χ0) is 32.8. The molecule has 0 spiro atoms. The fourth-order valence-corrected chi connectivity index (χ4v) is 8.11. The number of aromatic nitrogens is 4. The van der Waals surface area contributed by atoms with Gasteiger partial charge in [-0.1, -0.05) is 133 Å². The van der Waals surface area contributed by atoms with Crippen molar-refractivity contribution in [3.63, 3.8) is 0 Å². The van der Waals surface area contributed by atoms with E-state index in [1.54, 1.807) is 0 Å². The molecule has 0 radical (unpaired) electrons. The van der Waals surface area contributed by atoms with Gasteiger partial charge in [-0.2, -0.15) is 0 Å². The molecule has 0 saturated carbocycles. The molecule has 0 N–H and O–H groups in total. The largest absolute Gasteiger partial charge is 0.309 e. The second-order valence-electron chi connectivity index (χ2n) is 13.0. The number of hydrogen-bond donors (Lipinski definition) is 0. The number of hydrogen-bond acceptors (Lipinski definition) is 2. The van der Waals surface area contributed by atoms with Gasteiger partial charge in [0.25, 0.3) is 0 Å². The molecule has 50 heavy (non-hydrogen) atoms. The minimum absolute atomic E-state index is 0.661. The summed E-state index contributed by atoms with van der Waals surface area (Å²) in [7, 11) is 0. The van der Waals surface area contributed by atoms with E-state index in [1.165, 1.54) is 48.6 Å². The molecule has 0 aliphatic rings. The molecule has 0 saturated heterocycles. The minimum Gasteiger partial charge on any atom is -0.309 e. The molecule has 3 aromatic heterocycles. The highest BCUT2D eigenvalue weighted by molar-refractivity contribution is 6.26. The van der Waals surface area contributed by atoms with Crippen LogP contribution in [-0.2, 0) is 0 Å². The molecule has 232 valence electrons. The van der Waals surface area contributed by atoms with Crippen molar-refractivity contribution >= 4 is 76.1 Å². The van der Waals surface area contributed by atoms with Gasteiger partial charge in [-0.25, -0.2) is 9.97 Å². The Kier molecular flexibility index (Phi) is 5.63. The lowest BCUT2D eigenvalue weighted by molar-refractivity contribution is 1.02. The Bertz CT molecular complexity index is 3150. The number of fused-ring (bicyclic) bond motifs is 11. The molecule has 8 aromatic carbocycles. The van der Waals surface area contributed by atoms with Crippen LogP contribution in [0.25, 0.3) is 99.0 Å².